The fourth-order valence-corrected chi connectivity index (χ4v) is 2.71. The van der Waals surface area contributed by atoms with Gasteiger partial charge in [0.15, 0.2) is 0 Å². The zero-order valence-electron chi connectivity index (χ0n) is 19.0. The van der Waals surface area contributed by atoms with Crippen molar-refractivity contribution in [1.29, 1.82) is 0 Å². The minimum absolute atomic E-state index is 0. The van der Waals surface area contributed by atoms with Crippen LogP contribution in [0.25, 0.3) is 0 Å². The van der Waals surface area contributed by atoms with Gasteiger partial charge >= 0.3 is 51.4 Å². The number of hydrogen-bond acceptors (Lipinski definition) is 6. The first-order valence-electron chi connectivity index (χ1n) is 10.4. The molecular formula is C21H43CmKO6-2. The van der Waals surface area contributed by atoms with Crippen LogP contribution in [-0.2, 0) is 18.9 Å². The fourth-order valence-electron chi connectivity index (χ4n) is 2.71. The van der Waals surface area contributed by atoms with Gasteiger partial charge in [-0.25, -0.2) is 0 Å². The van der Waals surface area contributed by atoms with Gasteiger partial charge in [0.1, 0.15) is 0 Å². The van der Waals surface area contributed by atoms with Crippen molar-refractivity contribution in [2.75, 3.05) is 46.2 Å². The van der Waals surface area contributed by atoms with Gasteiger partial charge in [-0.05, 0) is 19.8 Å². The Hall–Kier alpha value is 0.396. The standard InChI is InChI=1S/C17H34O5.C3H7.CH2O.Cm.K/c1-2-21-16-8-6-4-3-5-7-9-17(15-19-11-10-18)22-13-12-20-14-16;1-3-2;1-2;;/h16-18H,2-15H2,1H3;1,3H2,2H3;1H2;;/q;-1;-2;;+1. The third kappa shape index (κ3) is 28.4. The fraction of sp³-hybridized carbons (Fsp3) is 0.905. The average Bonchev–Trinajstić information content (AvgIpc) is 2.68. The first kappa shape index (κ1) is 36.8. The molecule has 174 valence electrons. The maximum Gasteiger partial charge on any atom is 1.00 e. The molecule has 0 spiro atoms. The molecule has 6 nitrogen and oxygen atoms in total. The third-order valence-electron chi connectivity index (χ3n) is 3.88. The summed E-state index contributed by atoms with van der Waals surface area (Å²) in [5, 5.41) is 16.8. The maximum absolute atomic E-state index is 8.78. The Morgan fingerprint density at radius 1 is 1.03 bits per heavy atom. The molecule has 1 aliphatic heterocycles. The van der Waals surface area contributed by atoms with E-state index in [1.807, 2.05) is 21.0 Å². The minimum atomic E-state index is 0. The van der Waals surface area contributed by atoms with Crippen LogP contribution in [0.4, 0.5) is 0 Å². The van der Waals surface area contributed by atoms with Crippen molar-refractivity contribution < 1.29 is 80.5 Å². The summed E-state index contributed by atoms with van der Waals surface area (Å²) in [5.74, 6) is 0. The van der Waals surface area contributed by atoms with E-state index in [1.54, 1.807) is 0 Å². The van der Waals surface area contributed by atoms with Crippen LogP contribution in [0.2, 0.25) is 0 Å². The summed E-state index contributed by atoms with van der Waals surface area (Å²) >= 11 is 0. The molecular weight excluding hydrogens is 634 g/mol. The molecule has 1 N–H and O–H groups in total. The first-order chi connectivity index (χ1) is 13.3. The smallest absolute Gasteiger partial charge is 1.00 e. The number of aliphatic hydroxyl groups excluding tert-OH is 1. The molecule has 0 radical (unpaired) electrons. The van der Waals surface area contributed by atoms with Crippen LogP contribution >= 0.6 is 0 Å². The van der Waals surface area contributed by atoms with Crippen LogP contribution < -0.4 is 56.5 Å². The Kier molecular flexibility index (Phi) is 41.9. The summed E-state index contributed by atoms with van der Waals surface area (Å²) in [4.78, 5) is 0. The van der Waals surface area contributed by atoms with Crippen LogP contribution in [-0.4, -0.2) is 63.6 Å². The molecule has 1 rings (SSSR count). The van der Waals surface area contributed by atoms with E-state index in [-0.39, 0.29) is 70.2 Å². The van der Waals surface area contributed by atoms with Gasteiger partial charge in [0.25, 0.3) is 0 Å². The molecule has 2 atom stereocenters. The van der Waals surface area contributed by atoms with Crippen LogP contribution in [0.1, 0.15) is 65.2 Å². The van der Waals surface area contributed by atoms with Gasteiger partial charge in [0.2, 0.25) is 0 Å². The van der Waals surface area contributed by atoms with E-state index in [1.165, 1.54) is 32.1 Å². The summed E-state index contributed by atoms with van der Waals surface area (Å²) < 4.78 is 22.7. The number of rotatable bonds is 6. The SMILES string of the molecule is CCOC1CCCCCCCC(COCCO)OCCOC1.[CH2-]CC.[CH2-][O-].[Cm].[K+]. The van der Waals surface area contributed by atoms with E-state index in [4.69, 9.17) is 29.2 Å². The van der Waals surface area contributed by atoms with Gasteiger partial charge in [0.05, 0.1) is 51.8 Å². The number of hydrogen-bond donors (Lipinski definition) is 1. The normalized spacial score (nSPS) is 20.9. The van der Waals surface area contributed by atoms with Gasteiger partial charge in [-0.3, -0.25) is 0 Å². The molecule has 2 unspecified atom stereocenters. The maximum atomic E-state index is 8.78. The molecule has 1 heterocycles. The summed E-state index contributed by atoms with van der Waals surface area (Å²) in [7, 11) is 2.00. The Bertz CT molecular complexity index is 265. The second kappa shape index (κ2) is 33.0. The third-order valence-corrected chi connectivity index (χ3v) is 3.88. The summed E-state index contributed by atoms with van der Waals surface area (Å²) in [6.45, 7) is 11.1. The Morgan fingerprint density at radius 2 is 1.62 bits per heavy atom. The second-order valence-corrected chi connectivity index (χ2v) is 6.29. The molecule has 0 aromatic carbocycles. The monoisotopic (exact) mass is 673 g/mol. The molecule has 0 bridgehead atoms. The topological polar surface area (TPSA) is 80.2 Å². The van der Waals surface area contributed by atoms with Crippen molar-refractivity contribution in [2.24, 2.45) is 0 Å². The van der Waals surface area contributed by atoms with Crippen molar-refractivity contribution in [1.82, 2.24) is 0 Å². The summed E-state index contributed by atoms with van der Waals surface area (Å²) in [5.41, 5.74) is 0. The molecule has 1 saturated heterocycles. The quantitative estimate of drug-likeness (QED) is 0.241. The molecule has 0 aromatic rings. The van der Waals surface area contributed by atoms with E-state index in [9.17, 15) is 0 Å². The van der Waals surface area contributed by atoms with E-state index in [2.05, 4.69) is 6.92 Å². The number of ether oxygens (including phenoxy) is 4. The van der Waals surface area contributed by atoms with Crippen LogP contribution in [0, 0.1) is 14.0 Å². The van der Waals surface area contributed by atoms with Crippen molar-refractivity contribution in [3.05, 3.63) is 14.0 Å². The van der Waals surface area contributed by atoms with Crippen LogP contribution in [0.3, 0.4) is 0 Å². The minimum Gasteiger partial charge on any atom is -1.03 e. The Labute approximate surface area is 216 Å². The predicted octanol–water partition coefficient (Wildman–Crippen LogP) is -0.0807. The van der Waals surface area contributed by atoms with Gasteiger partial charge in [-0.15, -0.1) is 0 Å². The Balaban J connectivity index is -0.000000407. The van der Waals surface area contributed by atoms with Gasteiger partial charge < -0.3 is 43.2 Å². The zero-order valence-corrected chi connectivity index (χ0v) is 25.1. The molecule has 0 aromatic heterocycles. The van der Waals surface area contributed by atoms with E-state index >= 15 is 0 Å². The van der Waals surface area contributed by atoms with Crippen LogP contribution in [0.5, 0.6) is 0 Å². The average molecular weight is 678 g/mol. The first-order valence-corrected chi connectivity index (χ1v) is 10.4. The van der Waals surface area contributed by atoms with Crippen molar-refractivity contribution in [3.8, 4) is 0 Å². The van der Waals surface area contributed by atoms with E-state index in [0.717, 1.165) is 25.9 Å². The molecule has 1 fully saturated rings. The van der Waals surface area contributed by atoms with Crippen molar-refractivity contribution in [2.45, 2.75) is 77.4 Å². The summed E-state index contributed by atoms with van der Waals surface area (Å²) in [6, 6.07) is 0. The van der Waals surface area contributed by atoms with Gasteiger partial charge in [-0.2, -0.15) is 6.42 Å². The number of aliphatic hydroxyl groups is 1. The largest absolute Gasteiger partial charge is 1.03 e. The van der Waals surface area contributed by atoms with Crippen molar-refractivity contribution >= 4 is 0 Å². The summed E-state index contributed by atoms with van der Waals surface area (Å²) in [6.07, 6.45) is 9.60. The molecule has 1 aliphatic rings. The molecule has 0 saturated carbocycles. The molecule has 0 amide bonds. The van der Waals surface area contributed by atoms with Gasteiger partial charge in [0, 0.05) is 6.61 Å². The van der Waals surface area contributed by atoms with Gasteiger partial charge in [-0.1, -0.05) is 39.0 Å². The van der Waals surface area contributed by atoms with Crippen LogP contribution in [0.15, 0.2) is 0 Å². The predicted molar refractivity (Wildman–Crippen MR) is 107 cm³/mol. The van der Waals surface area contributed by atoms with E-state index < -0.39 is 0 Å². The Morgan fingerprint density at radius 3 is 2.21 bits per heavy atom. The molecule has 8 heteroatoms. The van der Waals surface area contributed by atoms with E-state index in [0.29, 0.717) is 33.0 Å². The zero-order chi connectivity index (χ0) is 20.6. The molecule has 29 heavy (non-hydrogen) atoms. The molecule has 0 aliphatic carbocycles. The van der Waals surface area contributed by atoms with Crippen molar-refractivity contribution in [3.63, 3.8) is 0 Å². The second-order valence-electron chi connectivity index (χ2n) is 6.29.